The standard InChI is InChI=1S/C18H14FN7O/c1-10-17-13(11-2-4-12(19)5-3-11)8-16(27)21-18(17)26(23-10)15-7-6-14-22-20-9-25(14)24-15/h2-7,9,13H,8H2,1H3,(H,21,27)/t13-/m1/s1. The molecule has 1 aliphatic heterocycles. The minimum Gasteiger partial charge on any atom is -0.310 e. The third kappa shape index (κ3) is 2.47. The zero-order valence-electron chi connectivity index (χ0n) is 14.3. The van der Waals surface area contributed by atoms with Crippen LogP contribution in [-0.4, -0.2) is 35.5 Å². The molecule has 0 saturated carbocycles. The summed E-state index contributed by atoms with van der Waals surface area (Å²) >= 11 is 0. The maximum absolute atomic E-state index is 13.3. The highest BCUT2D eigenvalue weighted by atomic mass is 19.1. The number of fused-ring (bicyclic) bond motifs is 2. The van der Waals surface area contributed by atoms with Crippen LogP contribution in [-0.2, 0) is 4.79 Å². The highest BCUT2D eigenvalue weighted by Gasteiger charge is 2.33. The molecule has 5 rings (SSSR count). The minimum atomic E-state index is -0.307. The molecule has 0 unspecified atom stereocenters. The lowest BCUT2D eigenvalue weighted by atomic mass is 9.86. The van der Waals surface area contributed by atoms with Gasteiger partial charge in [0.25, 0.3) is 0 Å². The molecule has 0 bridgehead atoms. The highest BCUT2D eigenvalue weighted by molar-refractivity contribution is 5.95. The Morgan fingerprint density at radius 2 is 1.96 bits per heavy atom. The van der Waals surface area contributed by atoms with Gasteiger partial charge in [-0.2, -0.15) is 14.3 Å². The van der Waals surface area contributed by atoms with Gasteiger partial charge in [-0.3, -0.25) is 4.79 Å². The highest BCUT2D eigenvalue weighted by Crippen LogP contribution is 2.39. The SMILES string of the molecule is Cc1nn(-c2ccc3nncn3n2)c2c1[C@@H](c1ccc(F)cc1)CC(=O)N2. The van der Waals surface area contributed by atoms with Gasteiger partial charge in [0.15, 0.2) is 11.5 Å². The largest absolute Gasteiger partial charge is 0.310 e. The van der Waals surface area contributed by atoms with Crippen molar-refractivity contribution in [3.63, 3.8) is 0 Å². The minimum absolute atomic E-state index is 0.122. The molecule has 0 fully saturated rings. The molecule has 8 nitrogen and oxygen atoms in total. The van der Waals surface area contributed by atoms with Crippen molar-refractivity contribution in [2.75, 3.05) is 5.32 Å². The van der Waals surface area contributed by atoms with Gasteiger partial charge in [0.05, 0.1) is 5.69 Å². The van der Waals surface area contributed by atoms with E-state index in [0.717, 1.165) is 16.8 Å². The second kappa shape index (κ2) is 5.70. The monoisotopic (exact) mass is 363 g/mol. The van der Waals surface area contributed by atoms with E-state index in [4.69, 9.17) is 0 Å². The van der Waals surface area contributed by atoms with Gasteiger partial charge in [-0.1, -0.05) is 12.1 Å². The number of aryl methyl sites for hydroxylation is 1. The number of anilines is 1. The van der Waals surface area contributed by atoms with Crippen LogP contribution in [0, 0.1) is 12.7 Å². The molecule has 0 radical (unpaired) electrons. The number of halogens is 1. The van der Waals surface area contributed by atoms with Gasteiger partial charge in [-0.25, -0.2) is 4.39 Å². The van der Waals surface area contributed by atoms with Gasteiger partial charge in [0.2, 0.25) is 5.91 Å². The third-order valence-electron chi connectivity index (χ3n) is 4.74. The van der Waals surface area contributed by atoms with Crippen molar-refractivity contribution in [2.45, 2.75) is 19.3 Å². The summed E-state index contributed by atoms with van der Waals surface area (Å²) in [5, 5.41) is 19.7. The number of rotatable bonds is 2. The molecule has 0 spiro atoms. The lowest BCUT2D eigenvalue weighted by molar-refractivity contribution is -0.116. The van der Waals surface area contributed by atoms with Crippen LogP contribution in [0.3, 0.4) is 0 Å². The zero-order chi connectivity index (χ0) is 18.5. The van der Waals surface area contributed by atoms with Gasteiger partial charge in [-0.15, -0.1) is 15.3 Å². The quantitative estimate of drug-likeness (QED) is 0.590. The molecule has 1 aromatic carbocycles. The van der Waals surface area contributed by atoms with Crippen molar-refractivity contribution in [2.24, 2.45) is 0 Å². The zero-order valence-corrected chi connectivity index (χ0v) is 14.3. The summed E-state index contributed by atoms with van der Waals surface area (Å²) in [4.78, 5) is 12.4. The Morgan fingerprint density at radius 3 is 2.78 bits per heavy atom. The average Bonchev–Trinajstić information content (AvgIpc) is 3.25. The van der Waals surface area contributed by atoms with Crippen LogP contribution in [0.4, 0.5) is 10.2 Å². The molecule has 9 heteroatoms. The smallest absolute Gasteiger partial charge is 0.226 e. The number of nitrogens with one attached hydrogen (secondary N) is 1. The van der Waals surface area contributed by atoms with Crippen molar-refractivity contribution in [3.05, 3.63) is 65.4 Å². The molecule has 4 aromatic rings. The molecule has 1 amide bonds. The molecule has 1 N–H and O–H groups in total. The van der Waals surface area contributed by atoms with E-state index in [1.807, 2.05) is 6.92 Å². The van der Waals surface area contributed by atoms with Gasteiger partial charge in [0.1, 0.15) is 18.0 Å². The van der Waals surface area contributed by atoms with Crippen LogP contribution in [0.25, 0.3) is 11.5 Å². The first kappa shape index (κ1) is 15.6. The van der Waals surface area contributed by atoms with Crippen LogP contribution in [0.15, 0.2) is 42.7 Å². The molecular formula is C18H14FN7O. The number of benzene rings is 1. The molecule has 27 heavy (non-hydrogen) atoms. The fourth-order valence-corrected chi connectivity index (χ4v) is 3.52. The van der Waals surface area contributed by atoms with E-state index in [1.54, 1.807) is 33.5 Å². The number of hydrogen-bond donors (Lipinski definition) is 1. The molecule has 1 aliphatic rings. The first-order valence-corrected chi connectivity index (χ1v) is 8.42. The van der Waals surface area contributed by atoms with E-state index in [-0.39, 0.29) is 24.1 Å². The van der Waals surface area contributed by atoms with Crippen molar-refractivity contribution in [3.8, 4) is 5.82 Å². The predicted molar refractivity (Wildman–Crippen MR) is 94.1 cm³/mol. The first-order valence-electron chi connectivity index (χ1n) is 8.42. The lowest BCUT2D eigenvalue weighted by Gasteiger charge is -2.24. The second-order valence-corrected chi connectivity index (χ2v) is 6.44. The van der Waals surface area contributed by atoms with Crippen molar-refractivity contribution in [1.29, 1.82) is 0 Å². The number of amides is 1. The van der Waals surface area contributed by atoms with Gasteiger partial charge in [0, 0.05) is 17.9 Å². The van der Waals surface area contributed by atoms with E-state index >= 15 is 0 Å². The summed E-state index contributed by atoms with van der Waals surface area (Å²) in [6.07, 6.45) is 1.78. The predicted octanol–water partition coefficient (Wildman–Crippen LogP) is 2.23. The van der Waals surface area contributed by atoms with Gasteiger partial charge in [-0.05, 0) is 36.8 Å². The molecule has 3 aromatic heterocycles. The van der Waals surface area contributed by atoms with Crippen molar-refractivity contribution in [1.82, 2.24) is 29.6 Å². The Morgan fingerprint density at radius 1 is 1.15 bits per heavy atom. The van der Waals surface area contributed by atoms with E-state index in [9.17, 15) is 9.18 Å². The molecule has 0 saturated heterocycles. The second-order valence-electron chi connectivity index (χ2n) is 6.44. The third-order valence-corrected chi connectivity index (χ3v) is 4.74. The van der Waals surface area contributed by atoms with E-state index in [1.165, 1.54) is 18.5 Å². The maximum Gasteiger partial charge on any atom is 0.226 e. The van der Waals surface area contributed by atoms with E-state index in [0.29, 0.717) is 17.3 Å². The molecule has 0 aliphatic carbocycles. The Balaban J connectivity index is 1.67. The lowest BCUT2D eigenvalue weighted by Crippen LogP contribution is -2.25. The summed E-state index contributed by atoms with van der Waals surface area (Å²) in [6.45, 7) is 1.89. The van der Waals surface area contributed by atoms with Crippen LogP contribution < -0.4 is 5.32 Å². The number of carbonyl (C=O) groups excluding carboxylic acids is 1. The Bertz CT molecular complexity index is 1180. The fourth-order valence-electron chi connectivity index (χ4n) is 3.52. The topological polar surface area (TPSA) is 90.0 Å². The Hall–Kier alpha value is -3.62. The maximum atomic E-state index is 13.3. The fraction of sp³-hybridized carbons (Fsp3) is 0.167. The van der Waals surface area contributed by atoms with Crippen LogP contribution in [0.1, 0.15) is 29.2 Å². The van der Waals surface area contributed by atoms with Crippen LogP contribution in [0.2, 0.25) is 0 Å². The summed E-state index contributed by atoms with van der Waals surface area (Å²) in [5.41, 5.74) is 3.18. The average molecular weight is 363 g/mol. The number of nitrogens with zero attached hydrogens (tertiary/aromatic N) is 6. The Kier molecular flexibility index (Phi) is 3.30. The molecule has 4 heterocycles. The van der Waals surface area contributed by atoms with Crippen LogP contribution >= 0.6 is 0 Å². The first-order chi connectivity index (χ1) is 13.1. The summed E-state index contributed by atoms with van der Waals surface area (Å²) < 4.78 is 16.5. The molecule has 134 valence electrons. The van der Waals surface area contributed by atoms with Gasteiger partial charge >= 0.3 is 0 Å². The summed E-state index contributed by atoms with van der Waals surface area (Å²) in [6, 6.07) is 9.78. The normalized spacial score (nSPS) is 16.4. The number of carbonyl (C=O) groups is 1. The number of aromatic nitrogens is 6. The van der Waals surface area contributed by atoms with Crippen molar-refractivity contribution < 1.29 is 9.18 Å². The van der Waals surface area contributed by atoms with E-state index in [2.05, 4.69) is 25.7 Å². The van der Waals surface area contributed by atoms with Crippen LogP contribution in [0.5, 0.6) is 0 Å². The van der Waals surface area contributed by atoms with Crippen molar-refractivity contribution >= 4 is 17.4 Å². The number of hydrogen-bond acceptors (Lipinski definition) is 5. The van der Waals surface area contributed by atoms with E-state index < -0.39 is 0 Å². The summed E-state index contributed by atoms with van der Waals surface area (Å²) in [5.74, 6) is 0.493. The Labute approximate surface area is 152 Å². The molecular weight excluding hydrogens is 349 g/mol. The van der Waals surface area contributed by atoms with Gasteiger partial charge < -0.3 is 5.32 Å². The molecule has 1 atom stereocenters. The summed E-state index contributed by atoms with van der Waals surface area (Å²) in [7, 11) is 0.